The Hall–Kier alpha value is -1.30. The van der Waals surface area contributed by atoms with E-state index in [2.05, 4.69) is 27.8 Å². The van der Waals surface area contributed by atoms with Gasteiger partial charge in [0.25, 0.3) is 5.91 Å². The minimum Gasteiger partial charge on any atom is -0.321 e. The summed E-state index contributed by atoms with van der Waals surface area (Å²) in [5.74, 6) is -1.26. The van der Waals surface area contributed by atoms with Crippen LogP contribution in [0.1, 0.15) is 0 Å². The summed E-state index contributed by atoms with van der Waals surface area (Å²) in [5.41, 5.74) is -1.17. The summed E-state index contributed by atoms with van der Waals surface area (Å²) in [5, 5.41) is 2.11. The second kappa shape index (κ2) is 4.69. The van der Waals surface area contributed by atoms with E-state index >= 15 is 0 Å². The van der Waals surface area contributed by atoms with E-state index in [1.165, 1.54) is 6.07 Å². The normalized spacial score (nSPS) is 11.0. The summed E-state index contributed by atoms with van der Waals surface area (Å²) >= 11 is 3.10. The van der Waals surface area contributed by atoms with Crippen LogP contribution in [0.2, 0.25) is 0 Å². The highest BCUT2D eigenvalue weighted by atomic mass is 79.9. The number of para-hydroxylation sites is 1. The molecule has 0 fully saturated rings. The van der Waals surface area contributed by atoms with Crippen LogP contribution >= 0.6 is 15.9 Å². The van der Waals surface area contributed by atoms with Crippen molar-refractivity contribution >= 4 is 27.5 Å². The predicted molar refractivity (Wildman–Crippen MR) is 58.0 cm³/mol. The summed E-state index contributed by atoms with van der Waals surface area (Å²) in [4.78, 5) is 11.2. The molecule has 6 heteroatoms. The van der Waals surface area contributed by atoms with Crippen molar-refractivity contribution in [2.75, 3.05) is 5.32 Å². The molecule has 0 unspecified atom stereocenters. The second-order valence-corrected chi connectivity index (χ2v) is 3.76. The summed E-state index contributed by atoms with van der Waals surface area (Å²) in [7, 11) is 0. The van der Waals surface area contributed by atoms with Crippen molar-refractivity contribution in [2.45, 2.75) is 6.18 Å². The molecule has 0 atom stereocenters. The number of halogens is 4. The van der Waals surface area contributed by atoms with Crippen molar-refractivity contribution in [3.63, 3.8) is 0 Å². The van der Waals surface area contributed by atoms with Crippen LogP contribution < -0.4 is 5.32 Å². The van der Waals surface area contributed by atoms with Gasteiger partial charge < -0.3 is 5.32 Å². The van der Waals surface area contributed by atoms with E-state index in [0.717, 1.165) is 0 Å². The lowest BCUT2D eigenvalue weighted by atomic mass is 10.2. The lowest BCUT2D eigenvalue weighted by Crippen LogP contribution is -2.24. The molecule has 1 rings (SSSR count). The number of hydrogen-bond donors (Lipinski definition) is 1. The van der Waals surface area contributed by atoms with E-state index < -0.39 is 17.7 Å². The molecule has 0 spiro atoms. The third kappa shape index (κ3) is 3.10. The van der Waals surface area contributed by atoms with Crippen LogP contribution in [0.5, 0.6) is 0 Å². The molecule has 0 saturated carbocycles. The van der Waals surface area contributed by atoms with E-state index in [0.29, 0.717) is 4.47 Å². The Morgan fingerprint density at radius 3 is 2.38 bits per heavy atom. The van der Waals surface area contributed by atoms with E-state index in [1.54, 1.807) is 18.2 Å². The van der Waals surface area contributed by atoms with Gasteiger partial charge in [0.1, 0.15) is 5.57 Å². The zero-order chi connectivity index (χ0) is 12.3. The fourth-order valence-electron chi connectivity index (χ4n) is 0.889. The van der Waals surface area contributed by atoms with Gasteiger partial charge in [-0.25, -0.2) is 0 Å². The zero-order valence-corrected chi connectivity index (χ0v) is 9.52. The molecule has 86 valence electrons. The first-order valence-electron chi connectivity index (χ1n) is 4.14. The molecule has 0 radical (unpaired) electrons. The van der Waals surface area contributed by atoms with Crippen molar-refractivity contribution in [1.82, 2.24) is 0 Å². The van der Waals surface area contributed by atoms with Gasteiger partial charge in [0.15, 0.2) is 0 Å². The molecule has 0 aromatic heterocycles. The standard InChI is InChI=1S/C10H7BrF3NO/c1-6(10(12,13)14)9(16)15-8-5-3-2-4-7(8)11/h2-5H,1H2,(H,15,16). The van der Waals surface area contributed by atoms with E-state index in [4.69, 9.17) is 0 Å². The molecule has 0 heterocycles. The SMILES string of the molecule is C=C(C(=O)Nc1ccccc1Br)C(F)(F)F. The first-order valence-corrected chi connectivity index (χ1v) is 4.93. The molecule has 0 aliphatic carbocycles. The molecule has 1 aromatic rings. The molecular formula is C10H7BrF3NO. The van der Waals surface area contributed by atoms with Gasteiger partial charge >= 0.3 is 6.18 Å². The van der Waals surface area contributed by atoms with Crippen molar-refractivity contribution in [1.29, 1.82) is 0 Å². The number of anilines is 1. The maximum absolute atomic E-state index is 12.1. The number of hydrogen-bond acceptors (Lipinski definition) is 1. The van der Waals surface area contributed by atoms with Gasteiger partial charge in [0, 0.05) is 4.47 Å². The first kappa shape index (κ1) is 12.8. The number of benzene rings is 1. The number of nitrogens with one attached hydrogen (secondary N) is 1. The number of rotatable bonds is 2. The number of amides is 1. The summed E-state index contributed by atoms with van der Waals surface area (Å²) in [6, 6.07) is 6.35. The largest absolute Gasteiger partial charge is 0.421 e. The van der Waals surface area contributed by atoms with Crippen molar-refractivity contribution in [3.8, 4) is 0 Å². The maximum atomic E-state index is 12.1. The molecule has 0 aliphatic heterocycles. The Labute approximate surface area is 98.3 Å². The molecule has 0 saturated heterocycles. The Bertz CT molecular complexity index is 428. The van der Waals surface area contributed by atoms with Crippen molar-refractivity contribution in [2.24, 2.45) is 0 Å². The van der Waals surface area contributed by atoms with Crippen LogP contribution in [0, 0.1) is 0 Å². The van der Waals surface area contributed by atoms with Crippen LogP contribution in [0.25, 0.3) is 0 Å². The average molecular weight is 294 g/mol. The first-order chi connectivity index (χ1) is 7.32. The Balaban J connectivity index is 2.81. The zero-order valence-electron chi connectivity index (χ0n) is 7.94. The monoisotopic (exact) mass is 293 g/mol. The highest BCUT2D eigenvalue weighted by Gasteiger charge is 2.36. The number of alkyl halides is 3. The van der Waals surface area contributed by atoms with E-state index in [-0.39, 0.29) is 5.69 Å². The molecule has 0 bridgehead atoms. The Kier molecular flexibility index (Phi) is 3.74. The topological polar surface area (TPSA) is 29.1 Å². The van der Waals surface area contributed by atoms with E-state index in [9.17, 15) is 18.0 Å². The highest BCUT2D eigenvalue weighted by Crippen LogP contribution is 2.27. The molecule has 0 aliphatic rings. The maximum Gasteiger partial charge on any atom is 0.421 e. The third-order valence-electron chi connectivity index (χ3n) is 1.74. The quantitative estimate of drug-likeness (QED) is 0.831. The van der Waals surface area contributed by atoms with Crippen molar-refractivity contribution in [3.05, 3.63) is 40.9 Å². The fourth-order valence-corrected chi connectivity index (χ4v) is 1.27. The smallest absolute Gasteiger partial charge is 0.321 e. The molecule has 2 nitrogen and oxygen atoms in total. The molecule has 1 N–H and O–H groups in total. The molecular weight excluding hydrogens is 287 g/mol. The predicted octanol–water partition coefficient (Wildman–Crippen LogP) is 3.51. The van der Waals surface area contributed by atoms with Gasteiger partial charge in [0.2, 0.25) is 0 Å². The van der Waals surface area contributed by atoms with Gasteiger partial charge in [-0.05, 0) is 28.1 Å². The lowest BCUT2D eigenvalue weighted by Gasteiger charge is -2.11. The molecule has 1 amide bonds. The van der Waals surface area contributed by atoms with Crippen molar-refractivity contribution < 1.29 is 18.0 Å². The van der Waals surface area contributed by atoms with Crippen LogP contribution in [0.3, 0.4) is 0 Å². The number of carbonyl (C=O) groups excluding carboxylic acids is 1. The number of carbonyl (C=O) groups is 1. The molecule has 1 aromatic carbocycles. The van der Waals surface area contributed by atoms with Gasteiger partial charge in [0.05, 0.1) is 5.69 Å². The average Bonchev–Trinajstić information content (AvgIpc) is 2.19. The summed E-state index contributed by atoms with van der Waals surface area (Å²) < 4.78 is 36.9. The fraction of sp³-hybridized carbons (Fsp3) is 0.100. The molecule has 16 heavy (non-hydrogen) atoms. The van der Waals surface area contributed by atoms with Crippen LogP contribution in [0.15, 0.2) is 40.9 Å². The second-order valence-electron chi connectivity index (χ2n) is 2.91. The summed E-state index contributed by atoms with van der Waals surface area (Å²) in [6.45, 7) is 2.70. The minimum absolute atomic E-state index is 0.262. The van der Waals surface area contributed by atoms with E-state index in [1.807, 2.05) is 0 Å². The van der Waals surface area contributed by atoms with Crippen LogP contribution in [0.4, 0.5) is 18.9 Å². The van der Waals surface area contributed by atoms with Gasteiger partial charge in [-0.2, -0.15) is 13.2 Å². The third-order valence-corrected chi connectivity index (χ3v) is 2.43. The Morgan fingerprint density at radius 2 is 1.88 bits per heavy atom. The lowest BCUT2D eigenvalue weighted by molar-refractivity contribution is -0.126. The summed E-state index contributed by atoms with van der Waals surface area (Å²) in [6.07, 6.45) is -4.72. The van der Waals surface area contributed by atoms with Crippen LogP contribution in [-0.4, -0.2) is 12.1 Å². The van der Waals surface area contributed by atoms with Crippen LogP contribution in [-0.2, 0) is 4.79 Å². The highest BCUT2D eigenvalue weighted by molar-refractivity contribution is 9.10. The van der Waals surface area contributed by atoms with Gasteiger partial charge in [-0.1, -0.05) is 18.7 Å². The Morgan fingerprint density at radius 1 is 1.31 bits per heavy atom. The minimum atomic E-state index is -4.72. The van der Waals surface area contributed by atoms with Gasteiger partial charge in [-0.15, -0.1) is 0 Å². The van der Waals surface area contributed by atoms with Gasteiger partial charge in [-0.3, -0.25) is 4.79 Å².